The van der Waals surface area contributed by atoms with Crippen molar-refractivity contribution in [3.63, 3.8) is 0 Å². The molecule has 17 heavy (non-hydrogen) atoms. The van der Waals surface area contributed by atoms with Crippen molar-refractivity contribution in [2.24, 2.45) is 5.73 Å². The SMILES string of the molecule is CCC(CC)(CN)NC(=O)CCCS(C)(=O)=O. The summed E-state index contributed by atoms with van der Waals surface area (Å²) >= 11 is 0. The largest absolute Gasteiger partial charge is 0.349 e. The van der Waals surface area contributed by atoms with Crippen LogP contribution in [-0.4, -0.2) is 38.4 Å². The molecule has 0 unspecified atom stereocenters. The van der Waals surface area contributed by atoms with Gasteiger partial charge in [0.1, 0.15) is 9.84 Å². The van der Waals surface area contributed by atoms with Gasteiger partial charge in [0.15, 0.2) is 0 Å². The van der Waals surface area contributed by atoms with Gasteiger partial charge in [-0.3, -0.25) is 4.79 Å². The topological polar surface area (TPSA) is 89.3 Å². The van der Waals surface area contributed by atoms with E-state index >= 15 is 0 Å². The Balaban J connectivity index is 4.17. The zero-order valence-electron chi connectivity index (χ0n) is 11.0. The number of sulfone groups is 1. The Morgan fingerprint density at radius 1 is 1.29 bits per heavy atom. The first-order chi connectivity index (χ1) is 7.78. The Kier molecular flexibility index (Phi) is 6.70. The number of carbonyl (C=O) groups is 1. The van der Waals surface area contributed by atoms with Gasteiger partial charge in [-0.05, 0) is 19.3 Å². The fourth-order valence-corrected chi connectivity index (χ4v) is 2.29. The molecule has 1 amide bonds. The number of nitrogens with one attached hydrogen (secondary N) is 1. The van der Waals surface area contributed by atoms with Crippen LogP contribution in [0.1, 0.15) is 39.5 Å². The van der Waals surface area contributed by atoms with Gasteiger partial charge in [0.2, 0.25) is 5.91 Å². The highest BCUT2D eigenvalue weighted by atomic mass is 32.2. The maximum atomic E-state index is 11.7. The number of rotatable bonds is 8. The van der Waals surface area contributed by atoms with Gasteiger partial charge in [-0.1, -0.05) is 13.8 Å². The van der Waals surface area contributed by atoms with Crippen LogP contribution in [0, 0.1) is 0 Å². The van der Waals surface area contributed by atoms with Gasteiger partial charge in [0, 0.05) is 19.2 Å². The van der Waals surface area contributed by atoms with E-state index in [0.717, 1.165) is 12.8 Å². The monoisotopic (exact) mass is 264 g/mol. The van der Waals surface area contributed by atoms with E-state index in [2.05, 4.69) is 5.32 Å². The van der Waals surface area contributed by atoms with Crippen LogP contribution in [0.25, 0.3) is 0 Å². The molecule has 0 aliphatic carbocycles. The molecule has 0 aromatic carbocycles. The molecule has 102 valence electrons. The van der Waals surface area contributed by atoms with Crippen molar-refractivity contribution < 1.29 is 13.2 Å². The van der Waals surface area contributed by atoms with E-state index in [9.17, 15) is 13.2 Å². The molecule has 0 saturated heterocycles. The first-order valence-electron chi connectivity index (χ1n) is 5.97. The Bertz CT molecular complexity index is 326. The van der Waals surface area contributed by atoms with Crippen LogP contribution in [0.4, 0.5) is 0 Å². The molecule has 0 aromatic rings. The minimum atomic E-state index is -2.98. The molecule has 6 heteroatoms. The molecule has 0 aromatic heterocycles. The maximum Gasteiger partial charge on any atom is 0.220 e. The summed E-state index contributed by atoms with van der Waals surface area (Å²) in [5, 5.41) is 2.91. The average molecular weight is 264 g/mol. The molecule has 5 nitrogen and oxygen atoms in total. The summed E-state index contributed by atoms with van der Waals surface area (Å²) in [7, 11) is -2.98. The van der Waals surface area contributed by atoms with Crippen molar-refractivity contribution in [3.8, 4) is 0 Å². The summed E-state index contributed by atoms with van der Waals surface area (Å²) in [6.07, 6.45) is 3.32. The summed E-state index contributed by atoms with van der Waals surface area (Å²) in [6.45, 7) is 4.36. The smallest absolute Gasteiger partial charge is 0.220 e. The Labute approximate surface area is 104 Å². The first-order valence-corrected chi connectivity index (χ1v) is 8.03. The fourth-order valence-electron chi connectivity index (χ4n) is 1.62. The number of carbonyl (C=O) groups excluding carboxylic acids is 1. The third-order valence-electron chi connectivity index (χ3n) is 3.07. The second-order valence-corrected chi connectivity index (χ2v) is 6.73. The summed E-state index contributed by atoms with van der Waals surface area (Å²) < 4.78 is 21.8. The van der Waals surface area contributed by atoms with E-state index in [1.54, 1.807) is 0 Å². The summed E-state index contributed by atoms with van der Waals surface area (Å²) in [4.78, 5) is 11.7. The van der Waals surface area contributed by atoms with E-state index in [1.807, 2.05) is 13.8 Å². The molecule has 0 fully saturated rings. The van der Waals surface area contributed by atoms with Gasteiger partial charge >= 0.3 is 0 Å². The highest BCUT2D eigenvalue weighted by molar-refractivity contribution is 7.90. The third kappa shape index (κ3) is 6.63. The van der Waals surface area contributed by atoms with Gasteiger partial charge in [-0.15, -0.1) is 0 Å². The second kappa shape index (κ2) is 6.96. The number of hydrogen-bond acceptors (Lipinski definition) is 4. The highest BCUT2D eigenvalue weighted by Gasteiger charge is 2.25. The van der Waals surface area contributed by atoms with Crippen molar-refractivity contribution in [2.45, 2.75) is 45.1 Å². The van der Waals surface area contributed by atoms with E-state index < -0.39 is 9.84 Å². The third-order valence-corrected chi connectivity index (χ3v) is 4.10. The normalized spacial score (nSPS) is 12.5. The van der Waals surface area contributed by atoms with Crippen LogP contribution < -0.4 is 11.1 Å². The van der Waals surface area contributed by atoms with Crippen LogP contribution in [0.15, 0.2) is 0 Å². The minimum absolute atomic E-state index is 0.0499. The lowest BCUT2D eigenvalue weighted by Gasteiger charge is -2.31. The van der Waals surface area contributed by atoms with Gasteiger partial charge < -0.3 is 11.1 Å². The molecule has 3 N–H and O–H groups in total. The van der Waals surface area contributed by atoms with Gasteiger partial charge in [-0.25, -0.2) is 8.42 Å². The molecular weight excluding hydrogens is 240 g/mol. The summed E-state index contributed by atoms with van der Waals surface area (Å²) in [5.41, 5.74) is 5.32. The van der Waals surface area contributed by atoms with Crippen molar-refractivity contribution in [1.29, 1.82) is 0 Å². The molecule has 0 radical (unpaired) electrons. The lowest BCUT2D eigenvalue weighted by molar-refractivity contribution is -0.123. The van der Waals surface area contributed by atoms with Crippen LogP contribution in [-0.2, 0) is 14.6 Å². The highest BCUT2D eigenvalue weighted by Crippen LogP contribution is 2.13. The van der Waals surface area contributed by atoms with Gasteiger partial charge in [0.25, 0.3) is 0 Å². The number of hydrogen-bond donors (Lipinski definition) is 2. The molecule has 0 bridgehead atoms. The standard InChI is InChI=1S/C11H24N2O3S/c1-4-11(5-2,9-12)13-10(14)7-6-8-17(3,15)16/h4-9,12H2,1-3H3,(H,13,14). The first kappa shape index (κ1) is 16.4. The minimum Gasteiger partial charge on any atom is -0.349 e. The summed E-state index contributed by atoms with van der Waals surface area (Å²) in [5.74, 6) is -0.0725. The molecule has 0 atom stereocenters. The number of amides is 1. The van der Waals surface area contributed by atoms with Crippen molar-refractivity contribution in [3.05, 3.63) is 0 Å². The van der Waals surface area contributed by atoms with Crippen molar-refractivity contribution in [1.82, 2.24) is 5.32 Å². The molecule has 0 rings (SSSR count). The molecule has 0 aliphatic heterocycles. The molecule has 0 aliphatic rings. The quantitative estimate of drug-likeness (QED) is 0.666. The van der Waals surface area contributed by atoms with Crippen LogP contribution in [0.2, 0.25) is 0 Å². The van der Waals surface area contributed by atoms with E-state index in [0.29, 0.717) is 13.0 Å². The second-order valence-electron chi connectivity index (χ2n) is 4.47. The lowest BCUT2D eigenvalue weighted by Crippen LogP contribution is -2.52. The van der Waals surface area contributed by atoms with Gasteiger partial charge in [-0.2, -0.15) is 0 Å². The Morgan fingerprint density at radius 2 is 1.82 bits per heavy atom. The van der Waals surface area contributed by atoms with E-state index in [-0.39, 0.29) is 23.6 Å². The van der Waals surface area contributed by atoms with Crippen LogP contribution >= 0.6 is 0 Å². The fraction of sp³-hybridized carbons (Fsp3) is 0.909. The Morgan fingerprint density at radius 3 is 2.18 bits per heavy atom. The molecular formula is C11H24N2O3S. The van der Waals surface area contributed by atoms with Crippen LogP contribution in [0.3, 0.4) is 0 Å². The zero-order chi connectivity index (χ0) is 13.5. The average Bonchev–Trinajstić information content (AvgIpc) is 2.24. The predicted octanol–water partition coefficient (Wildman–Crippen LogP) is 0.445. The maximum absolute atomic E-state index is 11.7. The molecule has 0 heterocycles. The van der Waals surface area contributed by atoms with Crippen LogP contribution in [0.5, 0.6) is 0 Å². The van der Waals surface area contributed by atoms with Gasteiger partial charge in [0.05, 0.1) is 11.3 Å². The summed E-state index contributed by atoms with van der Waals surface area (Å²) in [6, 6.07) is 0. The Hall–Kier alpha value is -0.620. The molecule has 0 saturated carbocycles. The van der Waals surface area contributed by atoms with Crippen molar-refractivity contribution in [2.75, 3.05) is 18.6 Å². The lowest BCUT2D eigenvalue weighted by atomic mass is 9.93. The van der Waals surface area contributed by atoms with Crippen molar-refractivity contribution >= 4 is 15.7 Å². The van der Waals surface area contributed by atoms with E-state index in [4.69, 9.17) is 5.73 Å². The number of nitrogens with two attached hydrogens (primary N) is 1. The predicted molar refractivity (Wildman–Crippen MR) is 69.5 cm³/mol. The molecule has 0 spiro atoms. The zero-order valence-corrected chi connectivity index (χ0v) is 11.8. The van der Waals surface area contributed by atoms with E-state index in [1.165, 1.54) is 6.26 Å².